The topological polar surface area (TPSA) is 100 Å². The highest BCUT2D eigenvalue weighted by Crippen LogP contribution is 2.32. The molecule has 168 valence electrons. The van der Waals surface area contributed by atoms with Crippen LogP contribution in [0.15, 0.2) is 76.5 Å². The van der Waals surface area contributed by atoms with E-state index in [9.17, 15) is 4.79 Å². The molecule has 4 aromatic rings. The van der Waals surface area contributed by atoms with E-state index in [1.54, 1.807) is 11.0 Å². The van der Waals surface area contributed by atoms with E-state index in [2.05, 4.69) is 15.6 Å². The van der Waals surface area contributed by atoms with Gasteiger partial charge in [-0.25, -0.2) is 4.98 Å². The summed E-state index contributed by atoms with van der Waals surface area (Å²) in [5.74, 6) is 0.263. The molecule has 2 N–H and O–H groups in total. The van der Waals surface area contributed by atoms with Crippen molar-refractivity contribution in [1.29, 1.82) is 0 Å². The molecule has 0 spiro atoms. The number of hydrogen-bond donors (Lipinski definition) is 2. The van der Waals surface area contributed by atoms with E-state index in [0.717, 1.165) is 22.5 Å². The number of imidazole rings is 1. The van der Waals surface area contributed by atoms with Crippen molar-refractivity contribution in [2.45, 2.75) is 5.16 Å². The molecule has 33 heavy (non-hydrogen) atoms. The zero-order valence-electron chi connectivity index (χ0n) is 17.8. The number of rotatable bonds is 7. The van der Waals surface area contributed by atoms with Gasteiger partial charge in [-0.05, 0) is 0 Å². The number of anilines is 1. The number of nitrogens with one attached hydrogen (secondary N) is 2. The van der Waals surface area contributed by atoms with Crippen LogP contribution in [0.4, 0.5) is 5.88 Å². The number of H-pyrrole nitrogens is 1. The zero-order valence-corrected chi connectivity index (χ0v) is 18.6. The Hall–Kier alpha value is -3.63. The van der Waals surface area contributed by atoms with Crippen molar-refractivity contribution in [2.24, 2.45) is 0 Å². The minimum Gasteiger partial charge on any atom is -0.377 e. The molecule has 2 aromatic carbocycles. The lowest BCUT2D eigenvalue weighted by Crippen LogP contribution is -2.62. The van der Waals surface area contributed by atoms with Gasteiger partial charge in [0.2, 0.25) is 11.2 Å². The van der Waals surface area contributed by atoms with Crippen LogP contribution in [0.25, 0.3) is 22.5 Å². The second-order valence-corrected chi connectivity index (χ2v) is 8.35. The second kappa shape index (κ2) is 9.88. The third-order valence-corrected chi connectivity index (χ3v) is 6.00. The fraction of sp³-hybridized carbons (Fsp3) is 0.217. The lowest BCUT2D eigenvalue weighted by atomic mass is 10.1. The van der Waals surface area contributed by atoms with Crippen molar-refractivity contribution in [3.63, 3.8) is 0 Å². The van der Waals surface area contributed by atoms with Crippen molar-refractivity contribution in [1.82, 2.24) is 15.2 Å². The molecule has 1 aliphatic heterocycles. The number of aromatic amines is 1. The summed E-state index contributed by atoms with van der Waals surface area (Å²) in [6, 6.07) is 20.0. The number of aromatic nitrogens is 4. The summed E-state index contributed by atoms with van der Waals surface area (Å²) in [4.78, 5) is 22.2. The molecule has 5 rings (SSSR count). The van der Waals surface area contributed by atoms with Crippen LogP contribution < -0.4 is 15.1 Å². The van der Waals surface area contributed by atoms with Crippen LogP contribution in [0.5, 0.6) is 0 Å². The lowest BCUT2D eigenvalue weighted by Gasteiger charge is -2.18. The van der Waals surface area contributed by atoms with Gasteiger partial charge in [-0.1, -0.05) is 72.4 Å². The quantitative estimate of drug-likeness (QED) is 0.321. The Morgan fingerprint density at radius 2 is 1.76 bits per heavy atom. The van der Waals surface area contributed by atoms with Crippen molar-refractivity contribution in [3.8, 4) is 22.5 Å². The van der Waals surface area contributed by atoms with Gasteiger partial charge in [0.25, 0.3) is 6.20 Å². The van der Waals surface area contributed by atoms with Gasteiger partial charge >= 0.3 is 5.88 Å². The summed E-state index contributed by atoms with van der Waals surface area (Å²) in [5, 5.41) is 9.37. The average molecular weight is 464 g/mol. The number of nitrogens with zero attached hydrogens (tertiary/aromatic N) is 4. The number of benzene rings is 2. The normalized spacial score (nSPS) is 13.8. The molecule has 9 nitrogen and oxygen atoms in total. The van der Waals surface area contributed by atoms with E-state index in [0.29, 0.717) is 37.3 Å². The first kappa shape index (κ1) is 21.2. The molecule has 1 saturated heterocycles. The Balaban J connectivity index is 1.26. The lowest BCUT2D eigenvalue weighted by molar-refractivity contribution is -0.759. The van der Waals surface area contributed by atoms with E-state index in [4.69, 9.17) is 14.2 Å². The summed E-state index contributed by atoms with van der Waals surface area (Å²) < 4.78 is 10.6. The highest BCUT2D eigenvalue weighted by Gasteiger charge is 2.24. The standard InChI is InChI=1S/C23H22N6O3S/c30-19(24-20-15-29(27-32-20)28-11-13-31-14-12-28)16-33-23-25-21(17-7-3-1-4-8-17)22(26-23)18-9-5-2-6-10-18/h1-10,15H,11-14,16H2,(H-,24,25,26,27,30)/p+1. The van der Waals surface area contributed by atoms with Crippen LogP contribution in [0.1, 0.15) is 0 Å². The minimum absolute atomic E-state index is 0.175. The van der Waals surface area contributed by atoms with Crippen molar-refractivity contribution < 1.29 is 18.8 Å². The Morgan fingerprint density at radius 3 is 2.48 bits per heavy atom. The number of carbonyl (C=O) groups excluding carboxylic acids is 1. The number of hydrogen-bond acceptors (Lipinski definition) is 7. The smallest absolute Gasteiger partial charge is 0.305 e. The number of thioether (sulfide) groups is 1. The van der Waals surface area contributed by atoms with E-state index in [1.165, 1.54) is 11.8 Å². The van der Waals surface area contributed by atoms with Crippen molar-refractivity contribution in [3.05, 3.63) is 66.9 Å². The van der Waals surface area contributed by atoms with Gasteiger partial charge < -0.3 is 9.72 Å². The Bertz CT molecular complexity index is 1150. The van der Waals surface area contributed by atoms with E-state index >= 15 is 0 Å². The third kappa shape index (κ3) is 5.07. The summed E-state index contributed by atoms with van der Waals surface area (Å²) in [5.41, 5.74) is 3.82. The third-order valence-electron chi connectivity index (χ3n) is 5.13. The Morgan fingerprint density at radius 1 is 1.06 bits per heavy atom. The molecule has 1 amide bonds. The molecule has 0 radical (unpaired) electrons. The van der Waals surface area contributed by atoms with Crippen LogP contribution in [-0.2, 0) is 9.53 Å². The molecular formula is C23H23N6O3S+. The first-order chi connectivity index (χ1) is 16.3. The van der Waals surface area contributed by atoms with Gasteiger partial charge in [0.15, 0.2) is 5.16 Å². The van der Waals surface area contributed by atoms with E-state index in [-0.39, 0.29) is 11.7 Å². The molecule has 0 aliphatic carbocycles. The van der Waals surface area contributed by atoms with Crippen LogP contribution >= 0.6 is 11.8 Å². The SMILES string of the molecule is O=C(CSc1nc(-c2ccccc2)c(-c2ccccc2)[nH]1)Nc1c[n+](N2CCOCC2)no1. The molecule has 10 heteroatoms. The molecule has 2 aromatic heterocycles. The van der Waals surface area contributed by atoms with Crippen LogP contribution in [0.2, 0.25) is 0 Å². The van der Waals surface area contributed by atoms with Crippen molar-refractivity contribution >= 4 is 23.6 Å². The summed E-state index contributed by atoms with van der Waals surface area (Å²) in [7, 11) is 0. The van der Waals surface area contributed by atoms with Crippen LogP contribution in [0, 0.1) is 0 Å². The van der Waals surface area contributed by atoms with Gasteiger partial charge in [-0.2, -0.15) is 0 Å². The summed E-state index contributed by atoms with van der Waals surface area (Å²) in [6.45, 7) is 2.70. The van der Waals surface area contributed by atoms with E-state index in [1.807, 2.05) is 65.7 Å². The number of ether oxygens (including phenoxy) is 1. The monoisotopic (exact) mass is 463 g/mol. The fourth-order valence-electron chi connectivity index (χ4n) is 3.53. The first-order valence-corrected chi connectivity index (χ1v) is 11.6. The maximum Gasteiger partial charge on any atom is 0.305 e. The molecule has 0 bridgehead atoms. The first-order valence-electron chi connectivity index (χ1n) is 10.6. The van der Waals surface area contributed by atoms with Crippen molar-refractivity contribution in [2.75, 3.05) is 42.4 Å². The Kier molecular flexibility index (Phi) is 6.36. The van der Waals surface area contributed by atoms with Gasteiger partial charge in [0, 0.05) is 11.1 Å². The fourth-order valence-corrected chi connectivity index (χ4v) is 4.20. The van der Waals surface area contributed by atoms with Gasteiger partial charge in [0.1, 0.15) is 0 Å². The molecular weight excluding hydrogens is 440 g/mol. The number of amides is 1. The van der Waals surface area contributed by atoms with Gasteiger partial charge in [0.05, 0.1) is 48.2 Å². The average Bonchev–Trinajstić information content (AvgIpc) is 3.52. The van der Waals surface area contributed by atoms with Crippen LogP contribution in [-0.4, -0.2) is 53.2 Å². The predicted octanol–water partition coefficient (Wildman–Crippen LogP) is 2.72. The Labute approximate surface area is 194 Å². The highest BCUT2D eigenvalue weighted by molar-refractivity contribution is 7.99. The number of morpholine rings is 1. The number of carbonyl (C=O) groups is 1. The minimum atomic E-state index is -0.204. The molecule has 0 saturated carbocycles. The molecule has 3 heterocycles. The largest absolute Gasteiger partial charge is 0.377 e. The molecule has 0 unspecified atom stereocenters. The van der Waals surface area contributed by atoms with Gasteiger partial charge in [-0.3, -0.25) is 14.6 Å². The zero-order chi connectivity index (χ0) is 22.5. The van der Waals surface area contributed by atoms with Gasteiger partial charge in [-0.15, -0.1) is 5.01 Å². The van der Waals surface area contributed by atoms with E-state index < -0.39 is 0 Å². The van der Waals surface area contributed by atoms with Crippen LogP contribution in [0.3, 0.4) is 0 Å². The maximum absolute atomic E-state index is 12.5. The molecule has 0 atom stereocenters. The second-order valence-electron chi connectivity index (χ2n) is 7.39. The molecule has 1 fully saturated rings. The highest BCUT2D eigenvalue weighted by atomic mass is 32.2. The maximum atomic E-state index is 12.5. The summed E-state index contributed by atoms with van der Waals surface area (Å²) in [6.07, 6.45) is 1.65. The predicted molar refractivity (Wildman–Crippen MR) is 124 cm³/mol. The molecule has 1 aliphatic rings. The summed E-state index contributed by atoms with van der Waals surface area (Å²) >= 11 is 1.33.